The molecule has 0 saturated carbocycles. The number of rotatable bonds is 7. The summed E-state index contributed by atoms with van der Waals surface area (Å²) in [6.45, 7) is -0.842. The van der Waals surface area contributed by atoms with Crippen LogP contribution in [0.5, 0.6) is 5.75 Å². The van der Waals surface area contributed by atoms with E-state index in [-0.39, 0.29) is 17.4 Å². The number of halogens is 1. The molecule has 28 heavy (non-hydrogen) atoms. The minimum Gasteiger partial charge on any atom is -0.482 e. The van der Waals surface area contributed by atoms with Gasteiger partial charge in [0.25, 0.3) is 11.6 Å². The van der Waals surface area contributed by atoms with Crippen molar-refractivity contribution < 1.29 is 24.0 Å². The van der Waals surface area contributed by atoms with Gasteiger partial charge >= 0.3 is 5.97 Å². The lowest BCUT2D eigenvalue weighted by molar-refractivity contribution is -0.384. The highest BCUT2D eigenvalue weighted by Gasteiger charge is 2.13. The van der Waals surface area contributed by atoms with Crippen LogP contribution in [0, 0.1) is 10.1 Å². The summed E-state index contributed by atoms with van der Waals surface area (Å²) in [6.07, 6.45) is 0. The van der Waals surface area contributed by atoms with Crippen LogP contribution in [-0.2, 0) is 14.3 Å². The number of carbonyl (C=O) groups excluding carboxylic acids is 2. The fourth-order valence-corrected chi connectivity index (χ4v) is 3.42. The van der Waals surface area contributed by atoms with Gasteiger partial charge in [-0.3, -0.25) is 20.2 Å². The van der Waals surface area contributed by atoms with Gasteiger partial charge in [-0.2, -0.15) is 0 Å². The van der Waals surface area contributed by atoms with E-state index in [0.29, 0.717) is 16.0 Å². The number of ether oxygens (including phenoxy) is 2. The van der Waals surface area contributed by atoms with Crippen molar-refractivity contribution >= 4 is 60.2 Å². The van der Waals surface area contributed by atoms with Crippen LogP contribution in [-0.4, -0.2) is 35.0 Å². The van der Waals surface area contributed by atoms with E-state index in [4.69, 9.17) is 9.47 Å². The second kappa shape index (κ2) is 8.76. The highest BCUT2D eigenvalue weighted by Crippen LogP contribution is 2.29. The molecule has 0 fully saturated rings. The Labute approximate surface area is 170 Å². The van der Waals surface area contributed by atoms with Crippen LogP contribution in [0.3, 0.4) is 0 Å². The number of nitrogens with zero attached hydrogens (tertiary/aromatic N) is 2. The highest BCUT2D eigenvalue weighted by atomic mass is 79.9. The Hall–Kier alpha value is -3.05. The zero-order valence-corrected chi connectivity index (χ0v) is 16.5. The maximum absolute atomic E-state index is 11.9. The molecular formula is C17H12BrN3O6S. The molecule has 1 N–H and O–H groups in total. The number of fused-ring (bicyclic) bond motifs is 1. The molecule has 0 aliphatic rings. The summed E-state index contributed by atoms with van der Waals surface area (Å²) >= 11 is 4.37. The molecule has 11 heteroatoms. The first-order valence-corrected chi connectivity index (χ1v) is 9.40. The summed E-state index contributed by atoms with van der Waals surface area (Å²) in [4.78, 5) is 38.0. The van der Waals surface area contributed by atoms with Crippen LogP contribution >= 0.6 is 27.3 Å². The van der Waals surface area contributed by atoms with Crippen molar-refractivity contribution in [1.82, 2.24) is 4.98 Å². The molecule has 0 unspecified atom stereocenters. The largest absolute Gasteiger partial charge is 0.482 e. The molecule has 0 bridgehead atoms. The Balaban J connectivity index is 1.49. The maximum Gasteiger partial charge on any atom is 0.344 e. The number of nitro groups is 1. The molecule has 144 valence electrons. The van der Waals surface area contributed by atoms with Crippen LogP contribution < -0.4 is 10.1 Å². The molecule has 1 amide bonds. The fourth-order valence-electron chi connectivity index (χ4n) is 2.12. The summed E-state index contributed by atoms with van der Waals surface area (Å²) in [5, 5.41) is 13.5. The smallest absolute Gasteiger partial charge is 0.344 e. The van der Waals surface area contributed by atoms with Crippen molar-refractivity contribution in [2.45, 2.75) is 0 Å². The molecule has 1 heterocycles. The van der Waals surface area contributed by atoms with Crippen molar-refractivity contribution in [3.63, 3.8) is 0 Å². The number of aromatic nitrogens is 1. The number of benzene rings is 2. The van der Waals surface area contributed by atoms with Crippen molar-refractivity contribution in [3.05, 3.63) is 57.1 Å². The minimum absolute atomic E-state index is 0.0617. The Morgan fingerprint density at radius 3 is 2.79 bits per heavy atom. The Morgan fingerprint density at radius 1 is 1.21 bits per heavy atom. The molecule has 0 radical (unpaired) electrons. The Kier molecular flexibility index (Phi) is 6.16. The third-order valence-electron chi connectivity index (χ3n) is 3.35. The maximum atomic E-state index is 11.9. The van der Waals surface area contributed by atoms with Gasteiger partial charge in [0.15, 0.2) is 18.3 Å². The van der Waals surface area contributed by atoms with E-state index in [0.717, 1.165) is 15.8 Å². The summed E-state index contributed by atoms with van der Waals surface area (Å²) in [5.74, 6) is -0.793. The minimum atomic E-state index is -0.699. The first-order chi connectivity index (χ1) is 13.4. The normalized spacial score (nSPS) is 10.5. The molecule has 0 atom stereocenters. The molecule has 9 nitrogen and oxygen atoms in total. The third-order valence-corrected chi connectivity index (χ3v) is 4.77. The zero-order valence-electron chi connectivity index (χ0n) is 14.1. The van der Waals surface area contributed by atoms with Gasteiger partial charge in [0.1, 0.15) is 5.75 Å². The first kappa shape index (κ1) is 19.7. The summed E-state index contributed by atoms with van der Waals surface area (Å²) in [5.41, 5.74) is 0.457. The number of nitrogens with one attached hydrogen (secondary N) is 1. The summed E-state index contributed by atoms with van der Waals surface area (Å²) in [6, 6.07) is 11.2. The lowest BCUT2D eigenvalue weighted by Gasteiger charge is -2.07. The molecular weight excluding hydrogens is 454 g/mol. The van der Waals surface area contributed by atoms with Crippen LogP contribution in [0.4, 0.5) is 10.8 Å². The third kappa shape index (κ3) is 5.24. The van der Waals surface area contributed by atoms with E-state index in [1.807, 2.05) is 6.07 Å². The summed E-state index contributed by atoms with van der Waals surface area (Å²) < 4.78 is 11.5. The van der Waals surface area contributed by atoms with E-state index in [1.54, 1.807) is 18.2 Å². The number of hydrogen-bond donors (Lipinski definition) is 1. The van der Waals surface area contributed by atoms with Crippen molar-refractivity contribution in [2.24, 2.45) is 0 Å². The number of anilines is 1. The fraction of sp³-hybridized carbons (Fsp3) is 0.118. The first-order valence-electron chi connectivity index (χ1n) is 7.79. The predicted octanol–water partition coefficient (Wildman–Crippen LogP) is 3.53. The average molecular weight is 466 g/mol. The van der Waals surface area contributed by atoms with E-state index in [1.165, 1.54) is 18.2 Å². The quantitative estimate of drug-likeness (QED) is 0.321. The Bertz CT molecular complexity index is 1050. The number of esters is 1. The van der Waals surface area contributed by atoms with Crippen molar-refractivity contribution in [1.29, 1.82) is 0 Å². The van der Waals surface area contributed by atoms with E-state index in [9.17, 15) is 19.7 Å². The lowest BCUT2D eigenvalue weighted by Crippen LogP contribution is -2.23. The van der Waals surface area contributed by atoms with Crippen molar-refractivity contribution in [2.75, 3.05) is 18.5 Å². The van der Waals surface area contributed by atoms with E-state index in [2.05, 4.69) is 26.2 Å². The number of hydrogen-bond acceptors (Lipinski definition) is 8. The number of nitro benzene ring substituents is 1. The van der Waals surface area contributed by atoms with Crippen LogP contribution in [0.1, 0.15) is 0 Å². The zero-order chi connectivity index (χ0) is 20.1. The van der Waals surface area contributed by atoms with E-state index < -0.39 is 23.4 Å². The number of amides is 1. The van der Waals surface area contributed by atoms with E-state index >= 15 is 0 Å². The van der Waals surface area contributed by atoms with Crippen molar-refractivity contribution in [3.8, 4) is 5.75 Å². The average Bonchev–Trinajstić information content (AvgIpc) is 3.06. The molecule has 0 saturated heterocycles. The van der Waals surface area contributed by atoms with Gasteiger partial charge in [-0.05, 0) is 24.3 Å². The van der Waals surface area contributed by atoms with Gasteiger partial charge in [-0.1, -0.05) is 33.3 Å². The molecule has 2 aromatic carbocycles. The van der Waals surface area contributed by atoms with Gasteiger partial charge in [0.2, 0.25) is 0 Å². The van der Waals surface area contributed by atoms with Crippen LogP contribution in [0.15, 0.2) is 46.9 Å². The molecule has 0 aliphatic carbocycles. The number of carbonyl (C=O) groups is 2. The van der Waals surface area contributed by atoms with Gasteiger partial charge in [-0.25, -0.2) is 9.78 Å². The van der Waals surface area contributed by atoms with Gasteiger partial charge in [0.05, 0.1) is 15.1 Å². The van der Waals surface area contributed by atoms with Gasteiger partial charge < -0.3 is 9.47 Å². The molecule has 3 rings (SSSR count). The topological polar surface area (TPSA) is 121 Å². The van der Waals surface area contributed by atoms with Crippen LogP contribution in [0.2, 0.25) is 0 Å². The molecule has 3 aromatic rings. The van der Waals surface area contributed by atoms with Gasteiger partial charge in [0, 0.05) is 16.6 Å². The van der Waals surface area contributed by atoms with Crippen LogP contribution in [0.25, 0.3) is 10.2 Å². The monoisotopic (exact) mass is 465 g/mol. The number of thiazole rings is 1. The highest BCUT2D eigenvalue weighted by molar-refractivity contribution is 9.10. The second-order valence-electron chi connectivity index (χ2n) is 5.38. The SMILES string of the molecule is O=C(COC(=O)COc1cccc(Br)c1)Nc1nc2ccc([N+](=O)[O-])cc2s1. The summed E-state index contributed by atoms with van der Waals surface area (Å²) in [7, 11) is 0. The van der Waals surface area contributed by atoms with Gasteiger partial charge in [-0.15, -0.1) is 0 Å². The second-order valence-corrected chi connectivity index (χ2v) is 7.33. The molecule has 0 spiro atoms. The molecule has 0 aliphatic heterocycles. The standard InChI is InChI=1S/C17H12BrN3O6S/c18-10-2-1-3-12(6-10)26-9-16(23)27-8-15(22)20-17-19-13-5-4-11(21(24)25)7-14(13)28-17/h1-7H,8-9H2,(H,19,20,22). The molecule has 1 aromatic heterocycles. The predicted molar refractivity (Wildman–Crippen MR) is 106 cm³/mol. The Morgan fingerprint density at radius 2 is 2.04 bits per heavy atom. The number of non-ortho nitro benzene ring substituents is 1. The lowest BCUT2D eigenvalue weighted by atomic mass is 10.3.